The summed E-state index contributed by atoms with van der Waals surface area (Å²) in [5.41, 5.74) is 9.10. The number of rotatable bonds is 2. The molecule has 8 nitrogen and oxygen atoms in total. The van der Waals surface area contributed by atoms with E-state index >= 15 is 0 Å². The van der Waals surface area contributed by atoms with E-state index < -0.39 is 12.1 Å². The van der Waals surface area contributed by atoms with Gasteiger partial charge in [-0.05, 0) is 0 Å². The van der Waals surface area contributed by atoms with Crippen molar-refractivity contribution in [3.05, 3.63) is 0 Å². The standard InChI is InChI=1S/C2H6N4O4/c3-1(7)6(2(4)8)10-9-5/h5H2,(H2,3,7)(H2,4,8). The summed E-state index contributed by atoms with van der Waals surface area (Å²) in [6.07, 6.45) is 0. The molecule has 0 aromatic rings. The number of hydroxylamine groups is 2. The van der Waals surface area contributed by atoms with Crippen LogP contribution in [0.25, 0.3) is 0 Å². The molecule has 0 heterocycles. The fourth-order valence-electron chi connectivity index (χ4n) is 0.225. The number of nitrogens with zero attached hydrogens (tertiary/aromatic N) is 1. The lowest BCUT2D eigenvalue weighted by atomic mass is 10.9. The number of hydrogen-bond acceptors (Lipinski definition) is 5. The molecule has 8 heteroatoms. The SMILES string of the molecule is NOON(C(N)=O)C(N)=O. The van der Waals surface area contributed by atoms with E-state index in [0.29, 0.717) is 0 Å². The van der Waals surface area contributed by atoms with E-state index in [9.17, 15) is 9.59 Å². The highest BCUT2D eigenvalue weighted by molar-refractivity contribution is 5.90. The summed E-state index contributed by atoms with van der Waals surface area (Å²) < 4.78 is 0. The summed E-state index contributed by atoms with van der Waals surface area (Å²) >= 11 is 0. The number of urea groups is 2. The number of primary amides is 2. The van der Waals surface area contributed by atoms with Crippen LogP contribution in [0.1, 0.15) is 0 Å². The van der Waals surface area contributed by atoms with Crippen molar-refractivity contribution in [1.82, 2.24) is 5.06 Å². The molecule has 0 bridgehead atoms. The Bertz CT molecular complexity index is 132. The summed E-state index contributed by atoms with van der Waals surface area (Å²) in [5, 5.41) is -0.0556. The van der Waals surface area contributed by atoms with Crippen LogP contribution in [0.2, 0.25) is 0 Å². The van der Waals surface area contributed by atoms with Crippen LogP contribution in [0, 0.1) is 0 Å². The van der Waals surface area contributed by atoms with Gasteiger partial charge in [-0.25, -0.2) is 9.59 Å². The van der Waals surface area contributed by atoms with E-state index in [1.807, 2.05) is 0 Å². The van der Waals surface area contributed by atoms with Crippen LogP contribution in [-0.4, -0.2) is 17.1 Å². The van der Waals surface area contributed by atoms with Crippen molar-refractivity contribution < 1.29 is 19.6 Å². The van der Waals surface area contributed by atoms with Gasteiger partial charge in [-0.2, -0.15) is 5.90 Å². The third kappa shape index (κ3) is 2.26. The van der Waals surface area contributed by atoms with E-state index in [2.05, 4.69) is 27.3 Å². The van der Waals surface area contributed by atoms with Gasteiger partial charge in [0, 0.05) is 0 Å². The highest BCUT2D eigenvalue weighted by Gasteiger charge is 2.17. The van der Waals surface area contributed by atoms with Gasteiger partial charge in [0.25, 0.3) is 0 Å². The minimum absolute atomic E-state index is 0.0556. The van der Waals surface area contributed by atoms with Crippen LogP contribution in [-0.2, 0) is 9.98 Å². The van der Waals surface area contributed by atoms with E-state index in [0.717, 1.165) is 0 Å². The van der Waals surface area contributed by atoms with Crippen molar-refractivity contribution >= 4 is 12.1 Å². The zero-order chi connectivity index (χ0) is 8.15. The molecule has 0 aromatic heterocycles. The van der Waals surface area contributed by atoms with Crippen molar-refractivity contribution in [2.75, 3.05) is 0 Å². The van der Waals surface area contributed by atoms with Gasteiger partial charge in [-0.1, -0.05) is 10.1 Å². The molecular weight excluding hydrogens is 144 g/mol. The zero-order valence-electron chi connectivity index (χ0n) is 4.81. The lowest BCUT2D eigenvalue weighted by Crippen LogP contribution is -2.44. The molecular formula is C2H6N4O4. The lowest BCUT2D eigenvalue weighted by molar-refractivity contribution is -0.389. The normalized spacial score (nSPS) is 8.90. The third-order valence-electron chi connectivity index (χ3n) is 0.518. The van der Waals surface area contributed by atoms with E-state index in [1.165, 1.54) is 0 Å². The zero-order valence-corrected chi connectivity index (χ0v) is 4.81. The predicted molar refractivity (Wildman–Crippen MR) is 27.4 cm³/mol. The fraction of sp³-hybridized carbons (Fsp3) is 0. The molecule has 0 atom stereocenters. The van der Waals surface area contributed by atoms with Crippen LogP contribution in [0.4, 0.5) is 9.59 Å². The average molecular weight is 150 g/mol. The molecule has 0 aliphatic carbocycles. The first kappa shape index (κ1) is 8.62. The molecule has 0 rings (SSSR count). The highest BCUT2D eigenvalue weighted by atomic mass is 17.3. The van der Waals surface area contributed by atoms with Crippen molar-refractivity contribution in [3.8, 4) is 0 Å². The molecule has 0 spiro atoms. The third-order valence-corrected chi connectivity index (χ3v) is 0.518. The van der Waals surface area contributed by atoms with Crippen LogP contribution in [0.5, 0.6) is 0 Å². The van der Waals surface area contributed by atoms with Crippen LogP contribution < -0.4 is 17.4 Å². The molecule has 0 aliphatic rings. The number of nitrogens with two attached hydrogens (primary N) is 3. The molecule has 6 N–H and O–H groups in total. The van der Waals surface area contributed by atoms with Crippen molar-refractivity contribution in [1.29, 1.82) is 0 Å². The van der Waals surface area contributed by atoms with Gasteiger partial charge in [-0.15, -0.1) is 4.99 Å². The first-order valence-corrected chi connectivity index (χ1v) is 2.02. The van der Waals surface area contributed by atoms with E-state index in [-0.39, 0.29) is 5.06 Å². The molecule has 0 aromatic carbocycles. The minimum Gasteiger partial charge on any atom is -0.349 e. The van der Waals surface area contributed by atoms with Gasteiger partial charge in [0.15, 0.2) is 0 Å². The fourth-order valence-corrected chi connectivity index (χ4v) is 0.225. The Labute approximate surface area is 55.3 Å². The van der Waals surface area contributed by atoms with Crippen molar-refractivity contribution in [2.45, 2.75) is 0 Å². The number of carbonyl (C=O) groups excluding carboxylic acids is 2. The van der Waals surface area contributed by atoms with Crippen LogP contribution >= 0.6 is 0 Å². The molecule has 10 heavy (non-hydrogen) atoms. The van der Waals surface area contributed by atoms with Crippen molar-refractivity contribution in [3.63, 3.8) is 0 Å². The molecule has 0 saturated heterocycles. The molecule has 0 fully saturated rings. The number of hydrogen-bond donors (Lipinski definition) is 3. The predicted octanol–water partition coefficient (Wildman–Crippen LogP) is -1.82. The average Bonchev–Trinajstić information content (AvgIpc) is 1.81. The number of carbonyl (C=O) groups is 2. The summed E-state index contributed by atoms with van der Waals surface area (Å²) in [7, 11) is 0. The van der Waals surface area contributed by atoms with Gasteiger partial charge in [0.2, 0.25) is 0 Å². The highest BCUT2D eigenvalue weighted by Crippen LogP contribution is 1.86. The summed E-state index contributed by atoms with van der Waals surface area (Å²) in [4.78, 5) is 27.4. The Morgan fingerprint density at radius 1 is 1.20 bits per heavy atom. The van der Waals surface area contributed by atoms with Crippen LogP contribution in [0.3, 0.4) is 0 Å². The summed E-state index contributed by atoms with van der Waals surface area (Å²) in [6.45, 7) is 0. The van der Waals surface area contributed by atoms with Gasteiger partial charge >= 0.3 is 12.1 Å². The van der Waals surface area contributed by atoms with Gasteiger partial charge in [0.1, 0.15) is 0 Å². The first-order chi connectivity index (χ1) is 4.59. The maximum atomic E-state index is 10.1. The summed E-state index contributed by atoms with van der Waals surface area (Å²) in [5.74, 6) is 4.33. The number of imide groups is 1. The maximum Gasteiger partial charge on any atom is 0.350 e. The van der Waals surface area contributed by atoms with Crippen molar-refractivity contribution in [2.24, 2.45) is 17.4 Å². The van der Waals surface area contributed by atoms with Gasteiger partial charge < -0.3 is 11.5 Å². The van der Waals surface area contributed by atoms with E-state index in [4.69, 9.17) is 0 Å². The van der Waals surface area contributed by atoms with Gasteiger partial charge in [0.05, 0.1) is 0 Å². The monoisotopic (exact) mass is 150 g/mol. The quantitative estimate of drug-likeness (QED) is 0.314. The molecule has 58 valence electrons. The Morgan fingerprint density at radius 3 is 1.70 bits per heavy atom. The van der Waals surface area contributed by atoms with Crippen LogP contribution in [0.15, 0.2) is 0 Å². The smallest absolute Gasteiger partial charge is 0.349 e. The molecule has 0 aliphatic heterocycles. The lowest BCUT2D eigenvalue weighted by Gasteiger charge is -2.09. The number of amides is 4. The Hall–Kier alpha value is -1.38. The minimum atomic E-state index is -1.22. The Morgan fingerprint density at radius 2 is 1.60 bits per heavy atom. The maximum absolute atomic E-state index is 10.1. The second-order valence-electron chi connectivity index (χ2n) is 1.14. The van der Waals surface area contributed by atoms with Gasteiger partial charge in [-0.3, -0.25) is 0 Å². The largest absolute Gasteiger partial charge is 0.350 e. The second kappa shape index (κ2) is 3.61. The first-order valence-electron chi connectivity index (χ1n) is 2.02. The van der Waals surface area contributed by atoms with E-state index in [1.54, 1.807) is 0 Å². The molecule has 0 unspecified atom stereocenters. The Balaban J connectivity index is 3.98. The summed E-state index contributed by atoms with van der Waals surface area (Å²) in [6, 6.07) is -2.45. The molecule has 0 saturated carbocycles. The second-order valence-corrected chi connectivity index (χ2v) is 1.14. The topological polar surface area (TPSA) is 134 Å². The Kier molecular flexibility index (Phi) is 3.11. The molecule has 4 amide bonds. The molecule has 0 radical (unpaired) electrons.